The first kappa shape index (κ1) is 17.8. The van der Waals surface area contributed by atoms with Crippen molar-refractivity contribution in [3.05, 3.63) is 28.7 Å². The molecule has 3 rings (SSSR count). The number of hydrogen-bond acceptors (Lipinski definition) is 6. The topological polar surface area (TPSA) is 71.0 Å². The van der Waals surface area contributed by atoms with Crippen molar-refractivity contribution in [2.75, 3.05) is 18.4 Å². The summed E-state index contributed by atoms with van der Waals surface area (Å²) in [7, 11) is 0. The van der Waals surface area contributed by atoms with Crippen molar-refractivity contribution >= 4 is 28.2 Å². The van der Waals surface area contributed by atoms with E-state index in [0.29, 0.717) is 12.3 Å². The van der Waals surface area contributed by atoms with Gasteiger partial charge < -0.3 is 10.2 Å². The fraction of sp³-hybridized carbons (Fsp3) is 0.556. The predicted molar refractivity (Wildman–Crippen MR) is 100 cm³/mol. The summed E-state index contributed by atoms with van der Waals surface area (Å²) in [4.78, 5) is 27.8. The fourth-order valence-electron chi connectivity index (χ4n) is 3.09. The van der Waals surface area contributed by atoms with Crippen LogP contribution in [0.25, 0.3) is 0 Å². The zero-order valence-electron chi connectivity index (χ0n) is 15.2. The standard InChI is InChI=1S/C18H25N5OS/c1-11(2)7-17(24)23-6-5-14(9-23)15-8-16(21-13(4)20-15)22-18-19-12(3)10-25-18/h8,10-11,14H,5-7,9H2,1-4H3,(H,19,20,21,22). The van der Waals surface area contributed by atoms with Crippen LogP contribution in [0.4, 0.5) is 10.9 Å². The van der Waals surface area contributed by atoms with Gasteiger partial charge in [-0.25, -0.2) is 15.0 Å². The molecule has 2 aromatic heterocycles. The van der Waals surface area contributed by atoms with Gasteiger partial charge in [-0.15, -0.1) is 11.3 Å². The number of anilines is 2. The Labute approximate surface area is 152 Å². The number of carbonyl (C=O) groups is 1. The van der Waals surface area contributed by atoms with E-state index in [-0.39, 0.29) is 11.8 Å². The quantitative estimate of drug-likeness (QED) is 0.882. The highest BCUT2D eigenvalue weighted by atomic mass is 32.1. The number of aryl methyl sites for hydroxylation is 2. The Kier molecular flexibility index (Phi) is 5.32. The average molecular weight is 359 g/mol. The normalized spacial score (nSPS) is 17.3. The molecule has 0 radical (unpaired) electrons. The molecule has 25 heavy (non-hydrogen) atoms. The highest BCUT2D eigenvalue weighted by Crippen LogP contribution is 2.29. The van der Waals surface area contributed by atoms with E-state index in [0.717, 1.165) is 47.7 Å². The van der Waals surface area contributed by atoms with E-state index in [1.54, 1.807) is 11.3 Å². The molecular formula is C18H25N5OS. The minimum atomic E-state index is 0.250. The summed E-state index contributed by atoms with van der Waals surface area (Å²) in [5.74, 6) is 2.42. The van der Waals surface area contributed by atoms with Crippen LogP contribution in [0.2, 0.25) is 0 Å². The van der Waals surface area contributed by atoms with Crippen LogP contribution in [0.3, 0.4) is 0 Å². The van der Waals surface area contributed by atoms with E-state index in [1.807, 2.05) is 30.2 Å². The second kappa shape index (κ2) is 7.47. The number of aromatic nitrogens is 3. The summed E-state index contributed by atoms with van der Waals surface area (Å²) in [6, 6.07) is 1.99. The van der Waals surface area contributed by atoms with Crippen LogP contribution in [-0.2, 0) is 4.79 Å². The molecule has 1 aliphatic heterocycles. The zero-order chi connectivity index (χ0) is 18.0. The lowest BCUT2D eigenvalue weighted by Crippen LogP contribution is -2.29. The number of amides is 1. The first-order valence-corrected chi connectivity index (χ1v) is 9.61. The Morgan fingerprint density at radius 2 is 2.16 bits per heavy atom. The Hall–Kier alpha value is -2.02. The minimum Gasteiger partial charge on any atom is -0.342 e. The van der Waals surface area contributed by atoms with E-state index in [9.17, 15) is 4.79 Å². The van der Waals surface area contributed by atoms with Crippen LogP contribution in [0.5, 0.6) is 0 Å². The molecule has 0 spiro atoms. The SMILES string of the molecule is Cc1csc(Nc2cc(C3CCN(C(=O)CC(C)C)C3)nc(C)n2)n1. The number of nitrogens with one attached hydrogen (secondary N) is 1. The minimum absolute atomic E-state index is 0.250. The predicted octanol–water partition coefficient (Wildman–Crippen LogP) is 3.66. The van der Waals surface area contributed by atoms with Crippen molar-refractivity contribution in [3.8, 4) is 0 Å². The Morgan fingerprint density at radius 3 is 2.84 bits per heavy atom. The maximum Gasteiger partial charge on any atom is 0.222 e. The smallest absolute Gasteiger partial charge is 0.222 e. The molecule has 2 aromatic rings. The van der Waals surface area contributed by atoms with Crippen molar-refractivity contribution in [2.24, 2.45) is 5.92 Å². The van der Waals surface area contributed by atoms with Crippen LogP contribution in [0, 0.1) is 19.8 Å². The van der Waals surface area contributed by atoms with Gasteiger partial charge in [0.15, 0.2) is 5.13 Å². The van der Waals surface area contributed by atoms with Gasteiger partial charge >= 0.3 is 0 Å². The van der Waals surface area contributed by atoms with Crippen molar-refractivity contribution in [1.29, 1.82) is 0 Å². The van der Waals surface area contributed by atoms with E-state index < -0.39 is 0 Å². The molecule has 1 saturated heterocycles. The van der Waals surface area contributed by atoms with Crippen LogP contribution < -0.4 is 5.32 Å². The van der Waals surface area contributed by atoms with E-state index in [2.05, 4.69) is 34.1 Å². The van der Waals surface area contributed by atoms with Crippen LogP contribution in [0.15, 0.2) is 11.4 Å². The lowest BCUT2D eigenvalue weighted by atomic mass is 10.0. The third kappa shape index (κ3) is 4.54. The molecule has 0 bridgehead atoms. The van der Waals surface area contributed by atoms with E-state index >= 15 is 0 Å². The molecule has 0 saturated carbocycles. The van der Waals surface area contributed by atoms with Gasteiger partial charge in [0.2, 0.25) is 5.91 Å². The monoisotopic (exact) mass is 359 g/mol. The Morgan fingerprint density at radius 1 is 1.36 bits per heavy atom. The van der Waals surface area contributed by atoms with Gasteiger partial charge in [0.25, 0.3) is 0 Å². The van der Waals surface area contributed by atoms with Gasteiger partial charge in [-0.05, 0) is 26.2 Å². The fourth-order valence-corrected chi connectivity index (χ4v) is 3.79. The molecule has 1 fully saturated rings. The van der Waals surface area contributed by atoms with Gasteiger partial charge in [-0.2, -0.15) is 0 Å². The van der Waals surface area contributed by atoms with Gasteiger partial charge in [-0.1, -0.05) is 13.8 Å². The summed E-state index contributed by atoms with van der Waals surface area (Å²) in [5.41, 5.74) is 2.00. The number of rotatable bonds is 5. The van der Waals surface area contributed by atoms with Gasteiger partial charge in [0, 0.05) is 36.9 Å². The van der Waals surface area contributed by atoms with E-state index in [4.69, 9.17) is 0 Å². The van der Waals surface area contributed by atoms with Gasteiger partial charge in [0.1, 0.15) is 11.6 Å². The molecule has 1 atom stereocenters. The summed E-state index contributed by atoms with van der Waals surface area (Å²) in [6.45, 7) is 9.60. The van der Waals surface area contributed by atoms with Crippen molar-refractivity contribution in [3.63, 3.8) is 0 Å². The second-order valence-corrected chi connectivity index (χ2v) is 7.93. The maximum absolute atomic E-state index is 12.3. The van der Waals surface area contributed by atoms with E-state index in [1.165, 1.54) is 0 Å². The van der Waals surface area contributed by atoms with Crippen LogP contribution in [-0.4, -0.2) is 38.8 Å². The van der Waals surface area contributed by atoms with Gasteiger partial charge in [-0.3, -0.25) is 4.79 Å². The molecule has 1 N–H and O–H groups in total. The number of thiazole rings is 1. The molecule has 7 heteroatoms. The largest absolute Gasteiger partial charge is 0.342 e. The lowest BCUT2D eigenvalue weighted by Gasteiger charge is -2.18. The summed E-state index contributed by atoms with van der Waals surface area (Å²) >= 11 is 1.56. The summed E-state index contributed by atoms with van der Waals surface area (Å²) in [6.07, 6.45) is 1.57. The first-order valence-electron chi connectivity index (χ1n) is 8.73. The number of nitrogens with zero attached hydrogens (tertiary/aromatic N) is 4. The average Bonchev–Trinajstić information content (AvgIpc) is 3.15. The van der Waals surface area contributed by atoms with Crippen molar-refractivity contribution in [1.82, 2.24) is 19.9 Å². The molecule has 6 nitrogen and oxygen atoms in total. The Balaban J connectivity index is 1.71. The van der Waals surface area contributed by atoms with Crippen molar-refractivity contribution < 1.29 is 4.79 Å². The number of hydrogen-bond donors (Lipinski definition) is 1. The highest BCUT2D eigenvalue weighted by Gasteiger charge is 2.28. The van der Waals surface area contributed by atoms with Crippen LogP contribution in [0.1, 0.15) is 49.8 Å². The van der Waals surface area contributed by atoms with Gasteiger partial charge in [0.05, 0.1) is 11.4 Å². The summed E-state index contributed by atoms with van der Waals surface area (Å²) in [5, 5.41) is 6.11. The maximum atomic E-state index is 12.3. The molecule has 0 aliphatic carbocycles. The highest BCUT2D eigenvalue weighted by molar-refractivity contribution is 7.13. The molecule has 134 valence electrons. The number of likely N-dealkylation sites (tertiary alicyclic amines) is 1. The first-order chi connectivity index (χ1) is 11.9. The summed E-state index contributed by atoms with van der Waals surface area (Å²) < 4.78 is 0. The molecular weight excluding hydrogens is 334 g/mol. The third-order valence-corrected chi connectivity index (χ3v) is 5.13. The Bertz CT molecular complexity index is 758. The molecule has 1 amide bonds. The molecule has 1 aliphatic rings. The van der Waals surface area contributed by atoms with Crippen LogP contribution >= 0.6 is 11.3 Å². The third-order valence-electron chi connectivity index (χ3n) is 4.25. The molecule has 1 unspecified atom stereocenters. The molecule has 3 heterocycles. The number of carbonyl (C=O) groups excluding carboxylic acids is 1. The zero-order valence-corrected chi connectivity index (χ0v) is 16.1. The lowest BCUT2D eigenvalue weighted by molar-refractivity contribution is -0.130. The van der Waals surface area contributed by atoms with Crippen molar-refractivity contribution in [2.45, 2.75) is 46.5 Å². The molecule has 0 aromatic carbocycles. The second-order valence-electron chi connectivity index (χ2n) is 7.07.